The van der Waals surface area contributed by atoms with E-state index in [4.69, 9.17) is 0 Å². The van der Waals surface area contributed by atoms with Crippen LogP contribution in [-0.4, -0.2) is 11.9 Å². The number of hydrogen-bond donors (Lipinski definition) is 2. The summed E-state index contributed by atoms with van der Waals surface area (Å²) in [6.45, 7) is 5.08. The highest BCUT2D eigenvalue weighted by Gasteiger charge is 2.18. The van der Waals surface area contributed by atoms with Crippen molar-refractivity contribution in [3.63, 3.8) is 0 Å². The molecule has 0 unspecified atom stereocenters. The number of carbonyl (C=O) groups excluding carboxylic acids is 1. The Morgan fingerprint density at radius 1 is 1.20 bits per heavy atom. The Kier molecular flexibility index (Phi) is 6.27. The number of nitrogens with one attached hydrogen (secondary N) is 2. The fraction of sp³-hybridized carbons (Fsp3) is 0.476. The van der Waals surface area contributed by atoms with E-state index < -0.39 is 0 Å². The summed E-state index contributed by atoms with van der Waals surface area (Å²) in [4.78, 5) is 14.3. The van der Waals surface area contributed by atoms with E-state index in [1.165, 1.54) is 43.4 Å². The van der Waals surface area contributed by atoms with Crippen molar-refractivity contribution >= 4 is 22.9 Å². The molecular weight excluding hydrogens is 328 g/mol. The molecule has 25 heavy (non-hydrogen) atoms. The lowest BCUT2D eigenvalue weighted by atomic mass is 9.99. The second-order valence-electron chi connectivity index (χ2n) is 7.19. The SMILES string of the molecule is Cc1ccc(C(=O)Nc2ccccc2CN[C@@H](C)CC2CCCC2)s1. The molecule has 0 spiro atoms. The van der Waals surface area contributed by atoms with Gasteiger partial charge in [0, 0.05) is 23.2 Å². The van der Waals surface area contributed by atoms with E-state index in [0.29, 0.717) is 6.04 Å². The number of hydrogen-bond acceptors (Lipinski definition) is 3. The molecule has 2 aromatic rings. The van der Waals surface area contributed by atoms with Gasteiger partial charge in [-0.05, 0) is 49.9 Å². The molecule has 1 aromatic carbocycles. The molecule has 2 N–H and O–H groups in total. The van der Waals surface area contributed by atoms with Gasteiger partial charge in [0.1, 0.15) is 0 Å². The molecule has 1 fully saturated rings. The molecule has 0 aliphatic heterocycles. The monoisotopic (exact) mass is 356 g/mol. The highest BCUT2D eigenvalue weighted by molar-refractivity contribution is 7.14. The van der Waals surface area contributed by atoms with Crippen LogP contribution in [0.15, 0.2) is 36.4 Å². The van der Waals surface area contributed by atoms with Crippen molar-refractivity contribution in [2.75, 3.05) is 5.32 Å². The van der Waals surface area contributed by atoms with Gasteiger partial charge in [0.25, 0.3) is 5.91 Å². The Morgan fingerprint density at radius 3 is 2.68 bits per heavy atom. The quantitative estimate of drug-likeness (QED) is 0.700. The van der Waals surface area contributed by atoms with Crippen molar-refractivity contribution in [3.05, 3.63) is 51.7 Å². The van der Waals surface area contributed by atoms with Gasteiger partial charge >= 0.3 is 0 Å². The first-order valence-corrected chi connectivity index (χ1v) is 10.1. The molecule has 1 heterocycles. The molecule has 1 aliphatic carbocycles. The van der Waals surface area contributed by atoms with Gasteiger partial charge in [0.15, 0.2) is 0 Å². The van der Waals surface area contributed by atoms with E-state index >= 15 is 0 Å². The number of amides is 1. The fourth-order valence-corrected chi connectivity index (χ4v) is 4.41. The van der Waals surface area contributed by atoms with Crippen molar-refractivity contribution in [1.29, 1.82) is 0 Å². The minimum atomic E-state index is -0.0236. The van der Waals surface area contributed by atoms with Crippen molar-refractivity contribution in [3.8, 4) is 0 Å². The van der Waals surface area contributed by atoms with Gasteiger partial charge in [-0.15, -0.1) is 11.3 Å². The van der Waals surface area contributed by atoms with Gasteiger partial charge in [-0.3, -0.25) is 4.79 Å². The van der Waals surface area contributed by atoms with Gasteiger partial charge in [0.05, 0.1) is 4.88 Å². The highest BCUT2D eigenvalue weighted by Crippen LogP contribution is 2.28. The average Bonchev–Trinajstić information content (AvgIpc) is 3.25. The summed E-state index contributed by atoms with van der Waals surface area (Å²) in [5.74, 6) is 0.865. The Bertz CT molecular complexity index is 703. The summed E-state index contributed by atoms with van der Waals surface area (Å²) in [5.41, 5.74) is 2.04. The van der Waals surface area contributed by atoms with Gasteiger partial charge in [0.2, 0.25) is 0 Å². The lowest BCUT2D eigenvalue weighted by Gasteiger charge is -2.19. The van der Waals surface area contributed by atoms with Crippen LogP contribution >= 0.6 is 11.3 Å². The molecular formula is C21H28N2OS. The van der Waals surface area contributed by atoms with Crippen LogP contribution in [0, 0.1) is 12.8 Å². The number of para-hydroxylation sites is 1. The Labute approximate surface area is 154 Å². The third kappa shape index (κ3) is 5.16. The molecule has 3 rings (SSSR count). The molecule has 4 heteroatoms. The number of anilines is 1. The Balaban J connectivity index is 1.57. The maximum Gasteiger partial charge on any atom is 0.265 e. The normalized spacial score (nSPS) is 16.1. The number of benzene rings is 1. The molecule has 0 radical (unpaired) electrons. The molecule has 1 amide bonds. The molecule has 0 bridgehead atoms. The molecule has 134 valence electrons. The summed E-state index contributed by atoms with van der Waals surface area (Å²) in [6, 6.07) is 12.5. The van der Waals surface area contributed by atoms with Gasteiger partial charge in [-0.1, -0.05) is 43.9 Å². The van der Waals surface area contributed by atoms with Crippen LogP contribution in [0.3, 0.4) is 0 Å². The van der Waals surface area contributed by atoms with E-state index in [1.807, 2.05) is 37.3 Å². The van der Waals surface area contributed by atoms with E-state index in [-0.39, 0.29) is 5.91 Å². The predicted molar refractivity (Wildman–Crippen MR) is 106 cm³/mol. The number of carbonyl (C=O) groups is 1. The molecule has 1 saturated carbocycles. The third-order valence-electron chi connectivity index (χ3n) is 5.03. The van der Waals surface area contributed by atoms with E-state index in [1.54, 1.807) is 0 Å². The van der Waals surface area contributed by atoms with Crippen molar-refractivity contribution < 1.29 is 4.79 Å². The van der Waals surface area contributed by atoms with Gasteiger partial charge in [-0.2, -0.15) is 0 Å². The highest BCUT2D eigenvalue weighted by atomic mass is 32.1. The fourth-order valence-electron chi connectivity index (χ4n) is 3.65. The third-order valence-corrected chi connectivity index (χ3v) is 6.03. The standard InChI is InChI=1S/C21H28N2OS/c1-15(13-17-7-3-4-8-17)22-14-18-9-5-6-10-19(18)23-21(24)20-12-11-16(2)25-20/h5-6,9-12,15,17,22H,3-4,7-8,13-14H2,1-2H3,(H,23,24)/t15-/m0/s1. The summed E-state index contributed by atoms with van der Waals surface area (Å²) in [5, 5.41) is 6.70. The largest absolute Gasteiger partial charge is 0.321 e. The lowest BCUT2D eigenvalue weighted by molar-refractivity contribution is 0.103. The Hall–Kier alpha value is -1.65. The van der Waals surface area contributed by atoms with Crippen LogP contribution in [0.2, 0.25) is 0 Å². The number of thiophene rings is 1. The lowest BCUT2D eigenvalue weighted by Crippen LogP contribution is -2.28. The first kappa shape index (κ1) is 18.2. The molecule has 1 atom stereocenters. The first-order chi connectivity index (χ1) is 12.1. The van der Waals surface area contributed by atoms with Crippen molar-refractivity contribution in [2.45, 2.75) is 58.5 Å². The second-order valence-corrected chi connectivity index (χ2v) is 8.48. The van der Waals surface area contributed by atoms with Crippen LogP contribution in [0.5, 0.6) is 0 Å². The van der Waals surface area contributed by atoms with Crippen LogP contribution in [-0.2, 0) is 6.54 Å². The smallest absolute Gasteiger partial charge is 0.265 e. The van der Waals surface area contributed by atoms with E-state index in [9.17, 15) is 4.79 Å². The Morgan fingerprint density at radius 2 is 1.96 bits per heavy atom. The summed E-state index contributed by atoms with van der Waals surface area (Å²) >= 11 is 1.53. The van der Waals surface area contributed by atoms with Crippen LogP contribution in [0.1, 0.15) is 59.1 Å². The summed E-state index contributed by atoms with van der Waals surface area (Å²) in [6.07, 6.45) is 6.82. The second kappa shape index (κ2) is 8.63. The summed E-state index contributed by atoms with van der Waals surface area (Å²) < 4.78 is 0. The van der Waals surface area contributed by atoms with Crippen LogP contribution in [0.25, 0.3) is 0 Å². The van der Waals surface area contributed by atoms with Crippen molar-refractivity contribution in [2.24, 2.45) is 5.92 Å². The van der Waals surface area contributed by atoms with E-state index in [0.717, 1.165) is 33.5 Å². The van der Waals surface area contributed by atoms with Gasteiger partial charge < -0.3 is 10.6 Å². The molecule has 1 aliphatic rings. The van der Waals surface area contributed by atoms with E-state index in [2.05, 4.69) is 23.6 Å². The molecule has 1 aromatic heterocycles. The van der Waals surface area contributed by atoms with Crippen molar-refractivity contribution in [1.82, 2.24) is 5.32 Å². The van der Waals surface area contributed by atoms with Gasteiger partial charge in [-0.25, -0.2) is 0 Å². The number of aryl methyl sites for hydroxylation is 1. The zero-order valence-electron chi connectivity index (χ0n) is 15.2. The predicted octanol–water partition coefficient (Wildman–Crippen LogP) is 5.37. The molecule has 3 nitrogen and oxygen atoms in total. The number of rotatable bonds is 7. The first-order valence-electron chi connectivity index (χ1n) is 9.31. The zero-order valence-corrected chi connectivity index (χ0v) is 16.0. The zero-order chi connectivity index (χ0) is 17.6. The maximum atomic E-state index is 12.4. The van der Waals surface area contributed by atoms with Crippen LogP contribution < -0.4 is 10.6 Å². The summed E-state index contributed by atoms with van der Waals surface area (Å²) in [7, 11) is 0. The average molecular weight is 357 g/mol. The molecule has 0 saturated heterocycles. The minimum Gasteiger partial charge on any atom is -0.321 e. The minimum absolute atomic E-state index is 0.0236. The van der Waals surface area contributed by atoms with Crippen LogP contribution in [0.4, 0.5) is 5.69 Å². The topological polar surface area (TPSA) is 41.1 Å². The maximum absolute atomic E-state index is 12.4.